The van der Waals surface area contributed by atoms with Crippen LogP contribution in [0.2, 0.25) is 0 Å². The first-order chi connectivity index (χ1) is 22.0. The van der Waals surface area contributed by atoms with Crippen LogP contribution in [0.25, 0.3) is 0 Å². The Balaban J connectivity index is 0.000000285. The minimum absolute atomic E-state index is 0.0343. The molecule has 13 heteroatoms. The SMILES string of the molecule is C=O.CN1C=C(CNC2(C)CCC2)C=C(C(F)(F)F)/C1=C/Nc1cccc(NC2CCCC2)n1.COC1CC(c2nncn2C)C1. The number of alkyl halides is 3. The van der Waals surface area contributed by atoms with Gasteiger partial charge >= 0.3 is 6.18 Å². The molecule has 0 bridgehead atoms. The van der Waals surface area contributed by atoms with Gasteiger partial charge in [0.25, 0.3) is 0 Å². The van der Waals surface area contributed by atoms with Gasteiger partial charge < -0.3 is 34.9 Å². The van der Waals surface area contributed by atoms with Crippen LogP contribution in [0.5, 0.6) is 0 Å². The number of carbonyl (C=O) groups is 1. The summed E-state index contributed by atoms with van der Waals surface area (Å²) in [4.78, 5) is 14.0. The molecule has 3 fully saturated rings. The number of aryl methyl sites for hydroxylation is 1. The van der Waals surface area contributed by atoms with Crippen molar-refractivity contribution in [3.63, 3.8) is 0 Å². The molecular weight excluding hydrogens is 597 g/mol. The van der Waals surface area contributed by atoms with Gasteiger partial charge in [0.1, 0.15) is 30.6 Å². The van der Waals surface area contributed by atoms with Gasteiger partial charge in [0, 0.05) is 57.6 Å². The number of pyridine rings is 1. The lowest BCUT2D eigenvalue weighted by atomic mass is 9.78. The second-order valence-electron chi connectivity index (χ2n) is 12.7. The van der Waals surface area contributed by atoms with E-state index in [1.807, 2.05) is 30.5 Å². The number of rotatable bonds is 9. The minimum Gasteiger partial charge on any atom is -0.381 e. The van der Waals surface area contributed by atoms with E-state index in [1.165, 1.54) is 30.0 Å². The summed E-state index contributed by atoms with van der Waals surface area (Å²) >= 11 is 0. The van der Waals surface area contributed by atoms with Crippen molar-refractivity contribution in [2.24, 2.45) is 7.05 Å². The first-order valence-electron chi connectivity index (χ1n) is 15.9. The van der Waals surface area contributed by atoms with Gasteiger partial charge in [-0.05, 0) is 75.7 Å². The molecule has 0 aromatic carbocycles. The van der Waals surface area contributed by atoms with Gasteiger partial charge in [-0.25, -0.2) is 4.98 Å². The fourth-order valence-electron chi connectivity index (χ4n) is 6.16. The molecule has 4 aliphatic rings. The molecule has 0 unspecified atom stereocenters. The zero-order chi connectivity index (χ0) is 33.3. The Morgan fingerprint density at radius 3 is 2.39 bits per heavy atom. The molecule has 0 saturated heterocycles. The van der Waals surface area contributed by atoms with Gasteiger partial charge in [-0.3, -0.25) is 0 Å². The summed E-state index contributed by atoms with van der Waals surface area (Å²) in [6.07, 6.45) is 12.2. The summed E-state index contributed by atoms with van der Waals surface area (Å²) in [5.74, 6) is 2.89. The number of nitrogens with zero attached hydrogens (tertiary/aromatic N) is 5. The molecule has 3 N–H and O–H groups in total. The van der Waals surface area contributed by atoms with Crippen LogP contribution in [-0.4, -0.2) is 76.0 Å². The third-order valence-corrected chi connectivity index (χ3v) is 9.18. The summed E-state index contributed by atoms with van der Waals surface area (Å²) in [7, 11) is 5.38. The zero-order valence-electron chi connectivity index (χ0n) is 27.2. The van der Waals surface area contributed by atoms with E-state index in [0.29, 0.717) is 36.0 Å². The Kier molecular flexibility index (Phi) is 12.0. The molecule has 46 heavy (non-hydrogen) atoms. The molecule has 3 saturated carbocycles. The molecule has 3 heterocycles. The van der Waals surface area contributed by atoms with E-state index in [2.05, 4.69) is 38.1 Å². The van der Waals surface area contributed by atoms with Crippen molar-refractivity contribution >= 4 is 18.4 Å². The highest BCUT2D eigenvalue weighted by atomic mass is 19.4. The summed E-state index contributed by atoms with van der Waals surface area (Å²) in [6, 6.07) is 5.90. The van der Waals surface area contributed by atoms with Crippen molar-refractivity contribution in [3.05, 3.63) is 65.7 Å². The van der Waals surface area contributed by atoms with E-state index in [-0.39, 0.29) is 11.2 Å². The number of halogens is 3. The smallest absolute Gasteiger partial charge is 0.381 e. The third-order valence-electron chi connectivity index (χ3n) is 9.18. The normalized spacial score (nSPS) is 23.1. The number of hydrogen-bond acceptors (Lipinski definition) is 9. The predicted octanol–water partition coefficient (Wildman–Crippen LogP) is 6.06. The third kappa shape index (κ3) is 9.18. The van der Waals surface area contributed by atoms with E-state index in [0.717, 1.165) is 56.6 Å². The standard InChI is InChI=1S/C24H32F3N5.C8H13N3O.CH2O/c1-23(11-6-12-23)29-14-17-13-19(24(25,26)27)20(32(2)16-17)15-28-21-9-5-10-22(31-21)30-18-7-3-4-8-18;1-11-5-9-10-8(11)6-3-7(4-6)12-2;1-2/h5,9-10,13,15-16,18,29H,3-4,6-8,11-12,14H2,1-2H3,(H2,28,30,31);5-7H,3-4H2,1-2H3;1H2/b20-15-;;. The van der Waals surface area contributed by atoms with Crippen LogP contribution in [0.1, 0.15) is 76.5 Å². The van der Waals surface area contributed by atoms with Gasteiger partial charge in [0.2, 0.25) is 0 Å². The van der Waals surface area contributed by atoms with E-state index in [9.17, 15) is 13.2 Å². The van der Waals surface area contributed by atoms with E-state index < -0.39 is 11.7 Å². The van der Waals surface area contributed by atoms with Gasteiger partial charge in [-0.15, -0.1) is 10.2 Å². The average molecular weight is 645 g/mol. The topological polar surface area (TPSA) is 109 Å². The van der Waals surface area contributed by atoms with E-state index in [4.69, 9.17) is 9.53 Å². The number of anilines is 2. The number of allylic oxidation sites excluding steroid dienone is 1. The van der Waals surface area contributed by atoms with Crippen LogP contribution in [0, 0.1) is 0 Å². The van der Waals surface area contributed by atoms with Gasteiger partial charge in [0.15, 0.2) is 0 Å². The highest BCUT2D eigenvalue weighted by Gasteiger charge is 2.39. The van der Waals surface area contributed by atoms with Crippen LogP contribution in [0.15, 0.2) is 59.8 Å². The molecule has 0 atom stereocenters. The lowest BCUT2D eigenvalue weighted by Gasteiger charge is -2.40. The summed E-state index contributed by atoms with van der Waals surface area (Å²) in [5, 5.41) is 17.7. The molecule has 252 valence electrons. The molecule has 3 aliphatic carbocycles. The first kappa shape index (κ1) is 35.1. The highest BCUT2D eigenvalue weighted by Crippen LogP contribution is 2.38. The fourth-order valence-corrected chi connectivity index (χ4v) is 6.16. The number of likely N-dealkylation sites (N-methyl/N-ethyl adjacent to an activating group) is 1. The molecule has 2 aromatic rings. The summed E-state index contributed by atoms with van der Waals surface area (Å²) in [5.41, 5.74) is 0.0517. The fraction of sp³-hybridized carbons (Fsp3) is 0.576. The average Bonchev–Trinajstić information content (AvgIpc) is 3.67. The van der Waals surface area contributed by atoms with Gasteiger partial charge in [-0.1, -0.05) is 18.9 Å². The van der Waals surface area contributed by atoms with Crippen LogP contribution >= 0.6 is 0 Å². The Bertz CT molecular complexity index is 1370. The van der Waals surface area contributed by atoms with Crippen LogP contribution < -0.4 is 16.0 Å². The Morgan fingerprint density at radius 1 is 1.11 bits per heavy atom. The number of hydrogen-bond donors (Lipinski definition) is 3. The van der Waals surface area contributed by atoms with Crippen LogP contribution in [-0.2, 0) is 16.6 Å². The first-order valence-corrected chi connectivity index (χ1v) is 15.9. The number of nitrogens with one attached hydrogen (secondary N) is 3. The molecule has 0 radical (unpaired) electrons. The Labute approximate surface area is 269 Å². The Morgan fingerprint density at radius 2 is 1.80 bits per heavy atom. The van der Waals surface area contributed by atoms with Crippen molar-refractivity contribution in [2.75, 3.05) is 31.3 Å². The van der Waals surface area contributed by atoms with Crippen molar-refractivity contribution < 1.29 is 22.7 Å². The molecule has 2 aromatic heterocycles. The Hall–Kier alpha value is -3.71. The van der Waals surface area contributed by atoms with Crippen molar-refractivity contribution in [1.82, 2.24) is 30.0 Å². The molecule has 0 amide bonds. The lowest BCUT2D eigenvalue weighted by Crippen LogP contribution is -2.48. The second kappa shape index (κ2) is 15.7. The van der Waals surface area contributed by atoms with Gasteiger partial charge in [0.05, 0.1) is 17.4 Å². The molecular formula is C33H47F3N8O2. The van der Waals surface area contributed by atoms with E-state index >= 15 is 0 Å². The highest BCUT2D eigenvalue weighted by molar-refractivity contribution is 5.51. The zero-order valence-corrected chi connectivity index (χ0v) is 27.2. The summed E-state index contributed by atoms with van der Waals surface area (Å²) in [6.45, 7) is 4.54. The van der Waals surface area contributed by atoms with Gasteiger partial charge in [-0.2, -0.15) is 13.2 Å². The predicted molar refractivity (Wildman–Crippen MR) is 173 cm³/mol. The molecule has 1 aliphatic heterocycles. The van der Waals surface area contributed by atoms with E-state index in [1.54, 1.807) is 32.8 Å². The number of aromatic nitrogens is 4. The maximum Gasteiger partial charge on any atom is 0.418 e. The van der Waals surface area contributed by atoms with Crippen molar-refractivity contribution in [3.8, 4) is 0 Å². The minimum atomic E-state index is -4.46. The monoisotopic (exact) mass is 644 g/mol. The van der Waals surface area contributed by atoms with Crippen LogP contribution in [0.4, 0.5) is 24.8 Å². The lowest BCUT2D eigenvalue weighted by molar-refractivity contribution is -0.0980. The number of carbonyl (C=O) groups excluding carboxylic acids is 1. The maximum atomic E-state index is 13.9. The number of ether oxygens (including phenoxy) is 1. The van der Waals surface area contributed by atoms with Crippen molar-refractivity contribution in [2.45, 2.75) is 94.5 Å². The number of methoxy groups -OCH3 is 1. The summed E-state index contributed by atoms with van der Waals surface area (Å²) < 4.78 is 48.8. The molecule has 6 rings (SSSR count). The second-order valence-corrected chi connectivity index (χ2v) is 12.7. The quantitative estimate of drug-likeness (QED) is 0.300. The molecule has 10 nitrogen and oxygen atoms in total. The van der Waals surface area contributed by atoms with Crippen molar-refractivity contribution in [1.29, 1.82) is 0 Å². The maximum absolute atomic E-state index is 13.9. The van der Waals surface area contributed by atoms with Crippen LogP contribution in [0.3, 0.4) is 0 Å². The molecule has 0 spiro atoms. The largest absolute Gasteiger partial charge is 0.418 e.